The maximum atomic E-state index is 12.1. The zero-order valence-corrected chi connectivity index (χ0v) is 16.5. The van der Waals surface area contributed by atoms with E-state index in [9.17, 15) is 9.59 Å². The lowest BCUT2D eigenvalue weighted by molar-refractivity contribution is -0.120. The molecule has 4 heteroatoms. The Morgan fingerprint density at radius 2 is 1.79 bits per heavy atom. The Hall–Kier alpha value is -3.06. The average Bonchev–Trinajstić information content (AvgIpc) is 2.73. The molecule has 0 bridgehead atoms. The van der Waals surface area contributed by atoms with Crippen molar-refractivity contribution in [1.29, 1.82) is 0 Å². The number of hydrogen-bond acceptors (Lipinski definition) is 3. The first-order valence-corrected chi connectivity index (χ1v) is 9.57. The third-order valence-corrected chi connectivity index (χ3v) is 4.34. The Balaban J connectivity index is 1.82. The first kappa shape index (κ1) is 21.2. The van der Waals surface area contributed by atoms with Crippen molar-refractivity contribution in [2.24, 2.45) is 5.92 Å². The van der Waals surface area contributed by atoms with Crippen LogP contribution < -0.4 is 10.1 Å². The van der Waals surface area contributed by atoms with Gasteiger partial charge in [-0.25, -0.2) is 0 Å². The van der Waals surface area contributed by atoms with Gasteiger partial charge in [0, 0.05) is 24.4 Å². The molecule has 1 unspecified atom stereocenters. The molecule has 1 atom stereocenters. The molecule has 146 valence electrons. The van der Waals surface area contributed by atoms with Crippen molar-refractivity contribution in [2.45, 2.75) is 32.6 Å². The topological polar surface area (TPSA) is 55.4 Å². The quantitative estimate of drug-likeness (QED) is 0.537. The first-order valence-electron chi connectivity index (χ1n) is 9.57. The van der Waals surface area contributed by atoms with Crippen LogP contribution in [-0.4, -0.2) is 25.8 Å². The van der Waals surface area contributed by atoms with Gasteiger partial charge in [0.15, 0.2) is 0 Å². The number of carbonyl (C=O) groups is 2. The fourth-order valence-electron chi connectivity index (χ4n) is 2.72. The number of nitrogens with one attached hydrogen (secondary N) is 1. The lowest BCUT2D eigenvalue weighted by atomic mass is 9.99. The van der Waals surface area contributed by atoms with Crippen LogP contribution in [-0.2, 0) is 22.4 Å². The van der Waals surface area contributed by atoms with Gasteiger partial charge in [-0.05, 0) is 48.2 Å². The maximum absolute atomic E-state index is 12.1. The molecule has 28 heavy (non-hydrogen) atoms. The fraction of sp³-hybridized carbons (Fsp3) is 0.333. The SMILES string of the molecule is CCCC#Cc1ccc(CC(C=O)CNC(=O)Cc2ccc(OC)cc2)cc1. The van der Waals surface area contributed by atoms with E-state index in [0.29, 0.717) is 13.0 Å². The molecule has 0 saturated carbocycles. The maximum Gasteiger partial charge on any atom is 0.224 e. The zero-order chi connectivity index (χ0) is 20.2. The van der Waals surface area contributed by atoms with E-state index in [2.05, 4.69) is 24.1 Å². The summed E-state index contributed by atoms with van der Waals surface area (Å²) in [4.78, 5) is 23.5. The number of benzene rings is 2. The molecule has 0 aliphatic carbocycles. The van der Waals surface area contributed by atoms with Crippen molar-refractivity contribution in [3.05, 3.63) is 65.2 Å². The van der Waals surface area contributed by atoms with Crippen molar-refractivity contribution < 1.29 is 14.3 Å². The highest BCUT2D eigenvalue weighted by atomic mass is 16.5. The second kappa shape index (κ2) is 11.6. The number of amides is 1. The van der Waals surface area contributed by atoms with E-state index in [-0.39, 0.29) is 18.2 Å². The number of methoxy groups -OCH3 is 1. The number of hydrogen-bond donors (Lipinski definition) is 1. The molecule has 1 amide bonds. The van der Waals surface area contributed by atoms with Crippen LogP contribution in [0.2, 0.25) is 0 Å². The van der Waals surface area contributed by atoms with Crippen LogP contribution in [0.4, 0.5) is 0 Å². The van der Waals surface area contributed by atoms with E-state index in [1.54, 1.807) is 7.11 Å². The van der Waals surface area contributed by atoms with Crippen LogP contribution in [0.25, 0.3) is 0 Å². The van der Waals surface area contributed by atoms with Crippen LogP contribution in [0.1, 0.15) is 36.5 Å². The Morgan fingerprint density at radius 3 is 2.39 bits per heavy atom. The van der Waals surface area contributed by atoms with E-state index in [4.69, 9.17) is 4.74 Å². The van der Waals surface area contributed by atoms with Crippen LogP contribution >= 0.6 is 0 Å². The molecule has 0 aliphatic rings. The molecule has 2 aromatic carbocycles. The molecule has 2 rings (SSSR count). The first-order chi connectivity index (χ1) is 13.6. The smallest absolute Gasteiger partial charge is 0.224 e. The number of aldehydes is 1. The van der Waals surface area contributed by atoms with E-state index in [0.717, 1.165) is 41.6 Å². The largest absolute Gasteiger partial charge is 0.497 e. The highest BCUT2D eigenvalue weighted by molar-refractivity contribution is 5.78. The predicted molar refractivity (Wildman–Crippen MR) is 111 cm³/mol. The summed E-state index contributed by atoms with van der Waals surface area (Å²) in [5, 5.41) is 2.85. The molecule has 0 aromatic heterocycles. The van der Waals surface area contributed by atoms with Crippen molar-refractivity contribution in [3.63, 3.8) is 0 Å². The average molecular weight is 377 g/mol. The number of unbranched alkanes of at least 4 members (excludes halogenated alkanes) is 1. The summed E-state index contributed by atoms with van der Waals surface area (Å²) in [6, 6.07) is 15.3. The van der Waals surface area contributed by atoms with Crippen LogP contribution in [0, 0.1) is 17.8 Å². The Labute approximate surface area is 167 Å². The minimum atomic E-state index is -0.253. The second-order valence-corrected chi connectivity index (χ2v) is 6.68. The number of ether oxygens (including phenoxy) is 1. The molecule has 1 N–H and O–H groups in total. The van der Waals surface area contributed by atoms with E-state index >= 15 is 0 Å². The van der Waals surface area contributed by atoms with Gasteiger partial charge in [0.05, 0.1) is 13.5 Å². The normalized spacial score (nSPS) is 11.1. The van der Waals surface area contributed by atoms with Crippen molar-refractivity contribution in [1.82, 2.24) is 5.32 Å². The number of carbonyl (C=O) groups excluding carboxylic acids is 2. The molecular formula is C24H27NO3. The summed E-state index contributed by atoms with van der Waals surface area (Å²) < 4.78 is 5.11. The van der Waals surface area contributed by atoms with Gasteiger partial charge in [-0.15, -0.1) is 0 Å². The van der Waals surface area contributed by atoms with Gasteiger partial charge in [0.1, 0.15) is 12.0 Å². The zero-order valence-electron chi connectivity index (χ0n) is 16.5. The fourth-order valence-corrected chi connectivity index (χ4v) is 2.72. The standard InChI is InChI=1S/C24H27NO3/c1-3-4-5-6-19-7-9-20(10-8-19)15-22(18-26)17-25-24(27)16-21-11-13-23(28-2)14-12-21/h7-14,18,22H,3-4,15-17H2,1-2H3,(H,25,27). The summed E-state index contributed by atoms with van der Waals surface area (Å²) >= 11 is 0. The van der Waals surface area contributed by atoms with E-state index in [1.165, 1.54) is 0 Å². The van der Waals surface area contributed by atoms with Crippen molar-refractivity contribution in [3.8, 4) is 17.6 Å². The third kappa shape index (κ3) is 7.28. The van der Waals surface area contributed by atoms with Gasteiger partial charge >= 0.3 is 0 Å². The summed E-state index contributed by atoms with van der Waals surface area (Å²) in [5.74, 6) is 6.65. The minimum absolute atomic E-state index is 0.0986. The summed E-state index contributed by atoms with van der Waals surface area (Å²) in [6.45, 7) is 2.43. The van der Waals surface area contributed by atoms with Crippen LogP contribution in [0.3, 0.4) is 0 Å². The molecule has 0 heterocycles. The van der Waals surface area contributed by atoms with Gasteiger partial charge in [-0.3, -0.25) is 4.79 Å². The summed E-state index contributed by atoms with van der Waals surface area (Å²) in [6.07, 6.45) is 3.72. The summed E-state index contributed by atoms with van der Waals surface area (Å²) in [5.41, 5.74) is 2.94. The lowest BCUT2D eigenvalue weighted by Gasteiger charge is -2.12. The third-order valence-electron chi connectivity index (χ3n) is 4.34. The Morgan fingerprint density at radius 1 is 1.11 bits per heavy atom. The minimum Gasteiger partial charge on any atom is -0.497 e. The van der Waals surface area contributed by atoms with Gasteiger partial charge in [0.25, 0.3) is 0 Å². The van der Waals surface area contributed by atoms with Gasteiger partial charge in [-0.1, -0.05) is 43.0 Å². The molecular weight excluding hydrogens is 350 g/mol. The summed E-state index contributed by atoms with van der Waals surface area (Å²) in [7, 11) is 1.61. The van der Waals surface area contributed by atoms with Gasteiger partial charge in [-0.2, -0.15) is 0 Å². The molecule has 0 saturated heterocycles. The van der Waals surface area contributed by atoms with Crippen molar-refractivity contribution in [2.75, 3.05) is 13.7 Å². The van der Waals surface area contributed by atoms with Crippen molar-refractivity contribution >= 4 is 12.2 Å². The van der Waals surface area contributed by atoms with Gasteiger partial charge < -0.3 is 14.8 Å². The van der Waals surface area contributed by atoms with E-state index < -0.39 is 0 Å². The highest BCUT2D eigenvalue weighted by Gasteiger charge is 2.11. The highest BCUT2D eigenvalue weighted by Crippen LogP contribution is 2.12. The van der Waals surface area contributed by atoms with Gasteiger partial charge in [0.2, 0.25) is 5.91 Å². The second-order valence-electron chi connectivity index (χ2n) is 6.68. The monoisotopic (exact) mass is 377 g/mol. The molecule has 4 nitrogen and oxygen atoms in total. The molecule has 0 aliphatic heterocycles. The Kier molecular flexibility index (Phi) is 8.81. The molecule has 2 aromatic rings. The molecule has 0 fully saturated rings. The van der Waals surface area contributed by atoms with Crippen LogP contribution in [0.5, 0.6) is 5.75 Å². The Bertz CT molecular complexity index is 814. The lowest BCUT2D eigenvalue weighted by Crippen LogP contribution is -2.32. The molecule has 0 spiro atoms. The molecule has 0 radical (unpaired) electrons. The van der Waals surface area contributed by atoms with E-state index in [1.807, 2.05) is 48.5 Å². The van der Waals surface area contributed by atoms with Crippen LogP contribution in [0.15, 0.2) is 48.5 Å². The number of rotatable bonds is 9. The predicted octanol–water partition coefficient (Wildman–Crippen LogP) is 3.56.